The molecule has 2 unspecified atom stereocenters. The maximum atomic E-state index is 11.8. The van der Waals surface area contributed by atoms with Crippen molar-refractivity contribution < 1.29 is 44.2 Å². The molecule has 1 aromatic heterocycles. The Morgan fingerprint density at radius 3 is 2.19 bits per heavy atom. The first-order chi connectivity index (χ1) is 25.7. The molecule has 6 N–H and O–H groups in total. The second-order valence-electron chi connectivity index (χ2n) is 12.9. The first kappa shape index (κ1) is 41.8. The van der Waals surface area contributed by atoms with Crippen molar-refractivity contribution >= 4 is 35.1 Å². The molecule has 4 aromatic rings. The van der Waals surface area contributed by atoms with Crippen LogP contribution >= 0.6 is 23.2 Å². The maximum Gasteiger partial charge on any atom is 0.326 e. The summed E-state index contributed by atoms with van der Waals surface area (Å²) in [6.07, 6.45) is 3.48. The lowest BCUT2D eigenvalue weighted by Gasteiger charge is -2.25. The van der Waals surface area contributed by atoms with Gasteiger partial charge in [-0.15, -0.1) is 0 Å². The lowest BCUT2D eigenvalue weighted by molar-refractivity contribution is -0.146. The minimum atomic E-state index is -1.62. The first-order valence-electron chi connectivity index (χ1n) is 16.9. The lowest BCUT2D eigenvalue weighted by atomic mass is 9.96. The quantitative estimate of drug-likeness (QED) is 0.0613. The third-order valence-corrected chi connectivity index (χ3v) is 9.54. The standard InChI is InChI=1S/C39H42Cl2N4O9/c1-24-27(7-4-8-29(24)30-9-5-10-32(35(30)41)52-12-6-11-44-38(2,22-46)36(48)49)21-54-34-15-33(53-20-26-13-25(16-42)17-43-18-26)28(14-31(34)40)19-45-39(3,23-47)37(50)51/h4-5,7-10,13-15,17-18,44-47H,6,11-12,19-23H2,1-3H3,(H,48,49)(H,50,51). The molecular weight excluding hydrogens is 739 g/mol. The van der Waals surface area contributed by atoms with Gasteiger partial charge in [-0.2, -0.15) is 5.26 Å². The Bertz CT molecular complexity index is 2010. The van der Waals surface area contributed by atoms with Gasteiger partial charge in [0, 0.05) is 41.7 Å². The molecule has 0 spiro atoms. The van der Waals surface area contributed by atoms with Crippen LogP contribution in [0.3, 0.4) is 0 Å². The number of aliphatic hydroxyl groups is 2. The first-order valence-corrected chi connectivity index (χ1v) is 17.6. The number of benzene rings is 3. The molecule has 3 aromatic carbocycles. The Morgan fingerprint density at radius 2 is 1.50 bits per heavy atom. The molecule has 1 heterocycles. The number of hydrogen-bond acceptors (Lipinski definition) is 11. The zero-order valence-corrected chi connectivity index (χ0v) is 31.5. The number of ether oxygens (including phenoxy) is 3. The van der Waals surface area contributed by atoms with Gasteiger partial charge in [0.2, 0.25) is 0 Å². The zero-order valence-electron chi connectivity index (χ0n) is 30.0. The summed E-state index contributed by atoms with van der Waals surface area (Å²) in [4.78, 5) is 27.3. The molecule has 0 aliphatic heterocycles. The van der Waals surface area contributed by atoms with Crippen LogP contribution in [0.4, 0.5) is 0 Å². The number of halogens is 2. The summed E-state index contributed by atoms with van der Waals surface area (Å²) in [6.45, 7) is 4.23. The highest BCUT2D eigenvalue weighted by molar-refractivity contribution is 6.35. The molecule has 286 valence electrons. The molecular formula is C39H42Cl2N4O9. The normalized spacial score (nSPS) is 13.3. The van der Waals surface area contributed by atoms with E-state index in [0.29, 0.717) is 51.9 Å². The van der Waals surface area contributed by atoms with Crippen molar-refractivity contribution in [2.75, 3.05) is 26.4 Å². The van der Waals surface area contributed by atoms with Gasteiger partial charge in [0.15, 0.2) is 0 Å². The van der Waals surface area contributed by atoms with Crippen LogP contribution in [-0.4, -0.2) is 74.8 Å². The molecule has 13 nitrogen and oxygen atoms in total. The van der Waals surface area contributed by atoms with E-state index in [4.69, 9.17) is 37.4 Å². The van der Waals surface area contributed by atoms with Crippen LogP contribution in [0, 0.1) is 18.3 Å². The molecule has 0 saturated heterocycles. The number of hydrogen-bond donors (Lipinski definition) is 6. The van der Waals surface area contributed by atoms with E-state index in [1.54, 1.807) is 30.5 Å². The predicted molar refractivity (Wildman–Crippen MR) is 202 cm³/mol. The number of carbonyl (C=O) groups is 2. The molecule has 2 atom stereocenters. The average Bonchev–Trinajstić information content (AvgIpc) is 3.16. The van der Waals surface area contributed by atoms with Crippen molar-refractivity contribution in [3.63, 3.8) is 0 Å². The average molecular weight is 782 g/mol. The molecule has 4 rings (SSSR count). The Balaban J connectivity index is 1.52. The van der Waals surface area contributed by atoms with Crippen molar-refractivity contribution in [3.05, 3.63) is 105 Å². The summed E-state index contributed by atoms with van der Waals surface area (Å²) < 4.78 is 18.3. The maximum absolute atomic E-state index is 11.8. The topological polar surface area (TPSA) is 203 Å². The number of carboxylic acid groups (broad SMARTS) is 2. The molecule has 0 bridgehead atoms. The van der Waals surface area contributed by atoms with Crippen molar-refractivity contribution in [1.82, 2.24) is 15.6 Å². The van der Waals surface area contributed by atoms with Gasteiger partial charge in [-0.25, -0.2) is 0 Å². The molecule has 0 saturated carbocycles. The number of nitrogens with one attached hydrogen (secondary N) is 2. The van der Waals surface area contributed by atoms with Crippen LogP contribution in [0.1, 0.15) is 48.1 Å². The molecule has 0 fully saturated rings. The van der Waals surface area contributed by atoms with Crippen molar-refractivity contribution in [2.24, 2.45) is 0 Å². The largest absolute Gasteiger partial charge is 0.492 e. The number of rotatable bonds is 20. The van der Waals surface area contributed by atoms with Crippen LogP contribution in [-0.2, 0) is 29.3 Å². The van der Waals surface area contributed by atoms with E-state index in [1.165, 1.54) is 20.0 Å². The molecule has 0 aliphatic rings. The highest BCUT2D eigenvalue weighted by atomic mass is 35.5. The molecule has 0 radical (unpaired) electrons. The van der Waals surface area contributed by atoms with E-state index in [0.717, 1.165) is 22.3 Å². The van der Waals surface area contributed by atoms with Crippen LogP contribution in [0.25, 0.3) is 11.1 Å². The fourth-order valence-corrected chi connectivity index (χ4v) is 5.70. The lowest BCUT2D eigenvalue weighted by Crippen LogP contribution is -2.52. The summed E-state index contributed by atoms with van der Waals surface area (Å²) in [5.74, 6) is -1.27. The minimum absolute atomic E-state index is 0.00929. The third-order valence-electron chi connectivity index (χ3n) is 8.86. The van der Waals surface area contributed by atoms with Gasteiger partial charge in [0.05, 0.1) is 35.4 Å². The molecule has 15 heteroatoms. The smallest absolute Gasteiger partial charge is 0.326 e. The van der Waals surface area contributed by atoms with E-state index < -0.39 is 36.2 Å². The van der Waals surface area contributed by atoms with Gasteiger partial charge in [0.25, 0.3) is 0 Å². The summed E-state index contributed by atoms with van der Waals surface area (Å²) in [7, 11) is 0. The zero-order chi connectivity index (χ0) is 39.5. The molecule has 0 aliphatic carbocycles. The second kappa shape index (κ2) is 18.9. The number of aliphatic carboxylic acids is 2. The van der Waals surface area contributed by atoms with Crippen LogP contribution in [0.5, 0.6) is 17.2 Å². The number of nitrogens with zero attached hydrogens (tertiary/aromatic N) is 2. The molecule has 0 amide bonds. The van der Waals surface area contributed by atoms with Crippen molar-refractivity contribution in [1.29, 1.82) is 5.26 Å². The van der Waals surface area contributed by atoms with Gasteiger partial charge in [-0.3, -0.25) is 19.9 Å². The minimum Gasteiger partial charge on any atom is -0.492 e. The Kier molecular flexibility index (Phi) is 14.6. The predicted octanol–water partition coefficient (Wildman–Crippen LogP) is 5.51. The number of pyridine rings is 1. The van der Waals surface area contributed by atoms with E-state index in [1.807, 2.05) is 43.3 Å². The third kappa shape index (κ3) is 10.4. The summed E-state index contributed by atoms with van der Waals surface area (Å²) in [5.41, 5.74) is 1.77. The number of carboxylic acids is 2. The fourth-order valence-electron chi connectivity index (χ4n) is 5.17. The van der Waals surface area contributed by atoms with Crippen LogP contribution in [0.2, 0.25) is 10.0 Å². The molecule has 54 heavy (non-hydrogen) atoms. The van der Waals surface area contributed by atoms with E-state index >= 15 is 0 Å². The number of aromatic nitrogens is 1. The highest BCUT2D eigenvalue weighted by Gasteiger charge is 2.32. The Hall–Kier alpha value is -4.94. The summed E-state index contributed by atoms with van der Waals surface area (Å²) >= 11 is 13.5. The number of aliphatic hydroxyl groups excluding tert-OH is 2. The van der Waals surface area contributed by atoms with E-state index in [2.05, 4.69) is 15.6 Å². The van der Waals surface area contributed by atoms with Crippen LogP contribution < -0.4 is 24.8 Å². The van der Waals surface area contributed by atoms with Gasteiger partial charge >= 0.3 is 11.9 Å². The van der Waals surface area contributed by atoms with E-state index in [-0.39, 0.29) is 31.4 Å². The van der Waals surface area contributed by atoms with Crippen molar-refractivity contribution in [3.8, 4) is 34.4 Å². The van der Waals surface area contributed by atoms with Crippen LogP contribution in [0.15, 0.2) is 67.0 Å². The number of nitriles is 1. The SMILES string of the molecule is Cc1c(COc2cc(OCc3cncc(C#N)c3)c(CNC(C)(CO)C(=O)O)cc2Cl)cccc1-c1cccc(OCCCNC(C)(CO)C(=O)O)c1Cl. The van der Waals surface area contributed by atoms with E-state index in [9.17, 15) is 35.3 Å². The van der Waals surface area contributed by atoms with Gasteiger partial charge in [0.1, 0.15) is 47.6 Å². The second-order valence-corrected chi connectivity index (χ2v) is 13.7. The van der Waals surface area contributed by atoms with Crippen molar-refractivity contribution in [2.45, 2.75) is 58.0 Å². The Labute approximate surface area is 323 Å². The monoisotopic (exact) mass is 780 g/mol. The van der Waals surface area contributed by atoms with Gasteiger partial charge in [-0.05, 0) is 68.6 Å². The van der Waals surface area contributed by atoms with Gasteiger partial charge < -0.3 is 40.0 Å². The summed E-state index contributed by atoms with van der Waals surface area (Å²) in [6, 6.07) is 18.1. The summed E-state index contributed by atoms with van der Waals surface area (Å²) in [5, 5.41) is 53.7. The Morgan fingerprint density at radius 1 is 0.833 bits per heavy atom. The fraction of sp³-hybridized carbons (Fsp3) is 0.333. The highest BCUT2D eigenvalue weighted by Crippen LogP contribution is 2.39. The van der Waals surface area contributed by atoms with Gasteiger partial charge in [-0.1, -0.05) is 53.5 Å².